The number of halogens is 4. The molecule has 0 radical (unpaired) electrons. The van der Waals surface area contributed by atoms with E-state index >= 15 is 0 Å². The largest absolute Gasteiger partial charge is 0.454 e. The molecule has 3 N–H and O–H groups in total. The van der Waals surface area contributed by atoms with Crippen LogP contribution in [0.1, 0.15) is 15.9 Å². The van der Waals surface area contributed by atoms with Gasteiger partial charge in [0, 0.05) is 16.4 Å². The molecule has 0 aliphatic carbocycles. The second-order valence-corrected chi connectivity index (χ2v) is 7.00. The molecule has 0 saturated heterocycles. The first kappa shape index (κ1) is 20.5. The highest BCUT2D eigenvalue weighted by Gasteiger charge is 2.30. The first-order chi connectivity index (χ1) is 14.7. The summed E-state index contributed by atoms with van der Waals surface area (Å²) < 4.78 is 44.2. The van der Waals surface area contributed by atoms with E-state index in [-0.39, 0.29) is 22.7 Å². The Labute approximate surface area is 179 Å². The number of hydrogen-bond acceptors (Lipinski definition) is 3. The van der Waals surface area contributed by atoms with Gasteiger partial charge in [-0.3, -0.25) is 4.79 Å². The number of benzene rings is 3. The van der Waals surface area contributed by atoms with Crippen molar-refractivity contribution in [2.45, 2.75) is 6.18 Å². The first-order valence-electron chi connectivity index (χ1n) is 8.87. The van der Waals surface area contributed by atoms with Crippen LogP contribution in [0.4, 0.5) is 35.0 Å². The van der Waals surface area contributed by atoms with Gasteiger partial charge in [0.15, 0.2) is 5.75 Å². The number of amides is 3. The predicted octanol–water partition coefficient (Wildman–Crippen LogP) is 6.36. The van der Waals surface area contributed by atoms with Crippen molar-refractivity contribution in [3.63, 3.8) is 0 Å². The minimum atomic E-state index is -4.53. The van der Waals surface area contributed by atoms with Gasteiger partial charge in [0.25, 0.3) is 5.91 Å². The summed E-state index contributed by atoms with van der Waals surface area (Å²) in [6.45, 7) is 0. The zero-order valence-corrected chi connectivity index (χ0v) is 16.3. The summed E-state index contributed by atoms with van der Waals surface area (Å²) >= 11 is 5.95. The lowest BCUT2D eigenvalue weighted by molar-refractivity contribution is -0.137. The number of carbonyl (C=O) groups excluding carboxylic acids is 2. The standard InChI is InChI=1S/C21H13ClF3N3O3/c22-12-4-6-18-16(9-12)28-19(29)15-10-14(5-7-17(15)31-18)27-20(30)26-13-3-1-2-11(8-13)21(23,24)25/h1-10H,(H,28,29)(H2,26,27,30). The number of rotatable bonds is 2. The van der Waals surface area contributed by atoms with Gasteiger partial charge in [-0.1, -0.05) is 17.7 Å². The van der Waals surface area contributed by atoms with Crippen molar-refractivity contribution in [1.29, 1.82) is 0 Å². The molecule has 0 saturated carbocycles. The van der Waals surface area contributed by atoms with Gasteiger partial charge in [0.05, 0.1) is 16.8 Å². The van der Waals surface area contributed by atoms with Crippen molar-refractivity contribution in [1.82, 2.24) is 0 Å². The van der Waals surface area contributed by atoms with Crippen LogP contribution in [0.2, 0.25) is 5.02 Å². The fourth-order valence-corrected chi connectivity index (χ4v) is 3.11. The van der Waals surface area contributed by atoms with Crippen molar-refractivity contribution in [2.24, 2.45) is 0 Å². The van der Waals surface area contributed by atoms with Crippen LogP contribution in [0.15, 0.2) is 60.7 Å². The number of anilines is 3. The Morgan fingerprint density at radius 2 is 1.65 bits per heavy atom. The number of fused-ring (bicyclic) bond motifs is 2. The fraction of sp³-hybridized carbons (Fsp3) is 0.0476. The third-order valence-electron chi connectivity index (χ3n) is 4.34. The van der Waals surface area contributed by atoms with Gasteiger partial charge < -0.3 is 20.7 Å². The Morgan fingerprint density at radius 1 is 0.935 bits per heavy atom. The number of alkyl halides is 3. The number of nitrogens with one attached hydrogen (secondary N) is 3. The molecular weight excluding hydrogens is 435 g/mol. The predicted molar refractivity (Wildman–Crippen MR) is 110 cm³/mol. The Kier molecular flexibility index (Phi) is 5.20. The Morgan fingerprint density at radius 3 is 2.39 bits per heavy atom. The third-order valence-corrected chi connectivity index (χ3v) is 4.57. The number of urea groups is 1. The monoisotopic (exact) mass is 447 g/mol. The molecular formula is C21H13ClF3N3O3. The van der Waals surface area contributed by atoms with Gasteiger partial charge in [-0.2, -0.15) is 13.2 Å². The van der Waals surface area contributed by atoms with Crippen LogP contribution in [0.3, 0.4) is 0 Å². The minimum Gasteiger partial charge on any atom is -0.454 e. The van der Waals surface area contributed by atoms with Crippen LogP contribution < -0.4 is 20.7 Å². The molecule has 6 nitrogen and oxygen atoms in total. The molecule has 0 spiro atoms. The van der Waals surface area contributed by atoms with E-state index in [0.717, 1.165) is 12.1 Å². The summed E-state index contributed by atoms with van der Waals surface area (Å²) in [4.78, 5) is 24.8. The maximum atomic E-state index is 12.8. The Bertz CT molecular complexity index is 1200. The SMILES string of the molecule is O=C(Nc1cccc(C(F)(F)F)c1)Nc1ccc2c(c1)C(=O)Nc1cc(Cl)ccc1O2. The van der Waals surface area contributed by atoms with Crippen molar-refractivity contribution < 1.29 is 27.5 Å². The van der Waals surface area contributed by atoms with Crippen molar-refractivity contribution >= 4 is 40.6 Å². The van der Waals surface area contributed by atoms with Crippen molar-refractivity contribution in [3.8, 4) is 11.5 Å². The van der Waals surface area contributed by atoms with E-state index in [0.29, 0.717) is 16.5 Å². The molecule has 3 aromatic carbocycles. The lowest BCUT2D eigenvalue weighted by atomic mass is 10.1. The number of carbonyl (C=O) groups is 2. The van der Waals surface area contributed by atoms with Gasteiger partial charge in [-0.15, -0.1) is 0 Å². The van der Waals surface area contributed by atoms with Crippen molar-refractivity contribution in [2.75, 3.05) is 16.0 Å². The molecule has 31 heavy (non-hydrogen) atoms. The maximum Gasteiger partial charge on any atom is 0.416 e. The van der Waals surface area contributed by atoms with Gasteiger partial charge >= 0.3 is 12.2 Å². The average molecular weight is 448 g/mol. The molecule has 0 bridgehead atoms. The van der Waals surface area contributed by atoms with Crippen LogP contribution >= 0.6 is 11.6 Å². The molecule has 1 aliphatic rings. The molecule has 1 heterocycles. The number of hydrogen-bond donors (Lipinski definition) is 3. The van der Waals surface area contributed by atoms with E-state index in [1.807, 2.05) is 0 Å². The zero-order valence-electron chi connectivity index (χ0n) is 15.5. The van der Waals surface area contributed by atoms with Crippen LogP contribution in [0.5, 0.6) is 11.5 Å². The van der Waals surface area contributed by atoms with Gasteiger partial charge in [0.1, 0.15) is 5.75 Å². The van der Waals surface area contributed by atoms with Crippen LogP contribution in [-0.4, -0.2) is 11.9 Å². The van der Waals surface area contributed by atoms with Crippen LogP contribution in [0, 0.1) is 0 Å². The summed E-state index contributed by atoms with van der Waals surface area (Å²) in [6, 6.07) is 12.6. The summed E-state index contributed by atoms with van der Waals surface area (Å²) in [5.41, 5.74) is -0.125. The first-order valence-corrected chi connectivity index (χ1v) is 9.25. The van der Waals surface area contributed by atoms with E-state index in [1.165, 1.54) is 30.3 Å². The molecule has 3 aromatic rings. The number of ether oxygens (including phenoxy) is 1. The lowest BCUT2D eigenvalue weighted by Gasteiger charge is -2.12. The van der Waals surface area contributed by atoms with Crippen LogP contribution in [0.25, 0.3) is 0 Å². The molecule has 10 heteroatoms. The van der Waals surface area contributed by atoms with Gasteiger partial charge in [0.2, 0.25) is 0 Å². The Balaban J connectivity index is 1.51. The highest BCUT2D eigenvalue weighted by molar-refractivity contribution is 6.31. The third kappa shape index (κ3) is 4.56. The zero-order chi connectivity index (χ0) is 22.2. The van der Waals surface area contributed by atoms with E-state index in [9.17, 15) is 22.8 Å². The van der Waals surface area contributed by atoms with E-state index in [1.54, 1.807) is 18.2 Å². The van der Waals surface area contributed by atoms with Crippen LogP contribution in [-0.2, 0) is 6.18 Å². The average Bonchev–Trinajstić information content (AvgIpc) is 2.83. The van der Waals surface area contributed by atoms with E-state index in [4.69, 9.17) is 16.3 Å². The van der Waals surface area contributed by atoms with E-state index < -0.39 is 23.7 Å². The van der Waals surface area contributed by atoms with E-state index in [2.05, 4.69) is 16.0 Å². The molecule has 1 aliphatic heterocycles. The molecule has 3 amide bonds. The summed E-state index contributed by atoms with van der Waals surface area (Å²) in [5, 5.41) is 7.91. The molecule has 0 unspecified atom stereocenters. The maximum absolute atomic E-state index is 12.8. The molecule has 0 atom stereocenters. The second-order valence-electron chi connectivity index (χ2n) is 6.57. The smallest absolute Gasteiger partial charge is 0.416 e. The summed E-state index contributed by atoms with van der Waals surface area (Å²) in [5.74, 6) is 0.194. The highest BCUT2D eigenvalue weighted by atomic mass is 35.5. The fourth-order valence-electron chi connectivity index (χ4n) is 2.94. The highest BCUT2D eigenvalue weighted by Crippen LogP contribution is 2.38. The quantitative estimate of drug-likeness (QED) is 0.427. The minimum absolute atomic E-state index is 0.0320. The summed E-state index contributed by atoms with van der Waals surface area (Å²) in [7, 11) is 0. The molecule has 4 rings (SSSR count). The normalized spacial score (nSPS) is 12.6. The van der Waals surface area contributed by atoms with Gasteiger partial charge in [-0.05, 0) is 54.6 Å². The topological polar surface area (TPSA) is 79.5 Å². The molecule has 158 valence electrons. The Hall–Kier alpha value is -3.72. The van der Waals surface area contributed by atoms with Gasteiger partial charge in [-0.25, -0.2) is 4.79 Å². The molecule has 0 fully saturated rings. The second kappa shape index (κ2) is 7.84. The summed E-state index contributed by atoms with van der Waals surface area (Å²) in [6.07, 6.45) is -4.53. The molecule has 0 aromatic heterocycles. The van der Waals surface area contributed by atoms with Crippen molar-refractivity contribution in [3.05, 3.63) is 76.8 Å². The lowest BCUT2D eigenvalue weighted by Crippen LogP contribution is -2.20.